The van der Waals surface area contributed by atoms with Crippen LogP contribution in [0.25, 0.3) is 191 Å². The number of aromatic nitrogens is 5. The summed E-state index contributed by atoms with van der Waals surface area (Å²) in [6.45, 7) is 12.5. The average molecular weight is 1950 g/mol. The third kappa shape index (κ3) is 21.4. The molecule has 0 N–H and O–H groups in total. The van der Waals surface area contributed by atoms with Gasteiger partial charge in [-0.2, -0.15) is 0 Å². The molecule has 5 aromatic heterocycles. The average Bonchev–Trinajstić information content (AvgIpc) is 1.62. The molecule has 0 aliphatic rings. The molecule has 5 heterocycles. The van der Waals surface area contributed by atoms with Crippen LogP contribution in [0.15, 0.2) is 404 Å². The summed E-state index contributed by atoms with van der Waals surface area (Å²) in [5, 5.41) is 10.6. The van der Waals surface area contributed by atoms with Gasteiger partial charge in [0.05, 0.1) is 10.0 Å². The molecule has 20 heteroatoms. The molecule has 0 bridgehead atoms. The van der Waals surface area contributed by atoms with Crippen molar-refractivity contribution in [2.24, 2.45) is 0 Å². The van der Waals surface area contributed by atoms with E-state index in [1.165, 1.54) is 32.9 Å². The zero-order valence-corrected chi connectivity index (χ0v) is 83.4. The second-order valence-corrected chi connectivity index (χ2v) is 36.3. The third-order valence-electron chi connectivity index (χ3n) is 24.6. The lowest BCUT2D eigenvalue weighted by Crippen LogP contribution is -2.21. The van der Waals surface area contributed by atoms with Crippen LogP contribution in [0.1, 0.15) is 27.7 Å². The second-order valence-electron chi connectivity index (χ2n) is 34.2. The van der Waals surface area contributed by atoms with Crippen molar-refractivity contribution < 1.29 is 22.1 Å². The van der Waals surface area contributed by atoms with Crippen LogP contribution in [-0.4, -0.2) is 93.4 Å². The van der Waals surface area contributed by atoms with Crippen LogP contribution >= 0.6 is 58.0 Å². The van der Waals surface area contributed by atoms with Gasteiger partial charge in [0.15, 0.2) is 28.6 Å². The van der Waals surface area contributed by atoms with E-state index in [0.29, 0.717) is 71.8 Å². The SMILES string of the molecule is CCN(CC)c1ccc(-c2nc(-c3ccc(Cl)cc3)oc2-c2ccccc2Cl)cc1.CCN(CC)c1ccc(-c2nc(-c3ccc(N(C)C)cc3)oc2-c2ccccc2Cl)cc1.CN(C)c1ccc(-c2nc(-c3ccc(Cl)cc3)oc2-c2ccc(Cl)cc2)cc1.CN(C)c1ccc(-c2nc(-c3ccccc3)c(-c3ccccc3)o2)cc1.c1ccc(-c2nc3c4cccc5ccc6cccc(c3o2)c6c54)cc1. The number of halogens is 5. The van der Waals surface area contributed by atoms with E-state index >= 15 is 0 Å². The van der Waals surface area contributed by atoms with E-state index in [2.05, 4.69) is 210 Å². The van der Waals surface area contributed by atoms with Crippen molar-refractivity contribution in [1.82, 2.24) is 24.9 Å². The molecule has 0 atom stereocenters. The molecule has 17 aromatic carbocycles. The Hall–Kier alpha value is -15.5. The normalized spacial score (nSPS) is 11.1. The fraction of sp³-hybridized carbons (Fsp3) is 0.116. The van der Waals surface area contributed by atoms with Crippen LogP contribution in [0.4, 0.5) is 28.4 Å². The number of fused-ring (bicyclic) bond motifs is 3. The van der Waals surface area contributed by atoms with Crippen LogP contribution in [0.3, 0.4) is 0 Å². The summed E-state index contributed by atoms with van der Waals surface area (Å²) >= 11 is 31.1. The topological polar surface area (TPSA) is 146 Å². The second kappa shape index (κ2) is 43.7. The Bertz CT molecular complexity index is 7800. The molecule has 0 spiro atoms. The Morgan fingerprint density at radius 1 is 0.220 bits per heavy atom. The van der Waals surface area contributed by atoms with E-state index in [1.807, 2.05) is 267 Å². The number of nitrogens with zero attached hydrogens (tertiary/aromatic N) is 10. The Morgan fingerprint density at radius 2 is 0.482 bits per heavy atom. The Kier molecular flexibility index (Phi) is 29.7. The zero-order valence-electron chi connectivity index (χ0n) is 79.6. The maximum atomic E-state index is 6.53. The standard InChI is InChI=1S/C27H28ClN3O.C25H22Cl2N2O.C23H18Cl2N2O.C23H20N2O.C23H13NO/c1-5-31(6-2)22-17-11-19(12-18-22)25-26(23-9-7-8-10-24(23)28)32-27(29-25)20-13-15-21(16-14-20)30(3)4;1-3-29(4-2)20-15-11-17(12-16-20)23-24(21-7-5-6-8-22(21)27)30-25(28-23)18-9-13-19(26)14-10-18;1-27(2)20-13-7-15(8-14-20)21-22(16-3-9-18(24)10-4-16)28-23(26-21)17-5-11-19(25)12-6-17;1-25(2)20-15-13-19(14-16-20)23-24-21(17-9-5-3-6-10-17)22(26-23)18-11-7-4-8-12-18;1-2-6-16(7-3-1)23-24-21-17-10-4-8-14-12-13-15-9-5-11-18(22(21)25-23)20(15)19(14)17/h7-18H,5-6H2,1-4H3;5-16H,3-4H2,1-2H3;3-14H,1-2H3;3-16H,1-2H3;1-13H. The maximum absolute atomic E-state index is 6.53. The first kappa shape index (κ1) is 95.8. The van der Waals surface area contributed by atoms with Crippen molar-refractivity contribution >= 4 is 130 Å². The highest BCUT2D eigenvalue weighted by atomic mass is 35.5. The highest BCUT2D eigenvalue weighted by Crippen LogP contribution is 2.47. The summed E-state index contributed by atoms with van der Waals surface area (Å²) < 4.78 is 31.2. The number of benzene rings is 17. The third-order valence-corrected chi connectivity index (χ3v) is 26.0. The quantitative estimate of drug-likeness (QED) is 0.0593. The number of oxazole rings is 5. The fourth-order valence-corrected chi connectivity index (χ4v) is 17.9. The molecule has 700 valence electrons. The minimum atomic E-state index is 0.532. The first-order chi connectivity index (χ1) is 68.7. The number of hydrogen-bond acceptors (Lipinski definition) is 15. The molecule has 0 radical (unpaired) electrons. The van der Waals surface area contributed by atoms with Gasteiger partial charge in [-0.1, -0.05) is 246 Å². The summed E-state index contributed by atoms with van der Waals surface area (Å²) in [7, 11) is 12.1. The molecule has 22 rings (SSSR count). The molecule has 0 aliphatic carbocycles. The smallest absolute Gasteiger partial charge is 0.227 e. The van der Waals surface area contributed by atoms with Gasteiger partial charge in [-0.15, -0.1) is 0 Å². The molecule has 0 amide bonds. The van der Waals surface area contributed by atoms with Gasteiger partial charge in [0, 0.05) is 200 Å². The van der Waals surface area contributed by atoms with Gasteiger partial charge < -0.3 is 46.6 Å². The van der Waals surface area contributed by atoms with Crippen molar-refractivity contribution in [3.63, 3.8) is 0 Å². The van der Waals surface area contributed by atoms with Gasteiger partial charge in [-0.25, -0.2) is 24.9 Å². The summed E-state index contributed by atoms with van der Waals surface area (Å²) in [5.41, 5.74) is 23.0. The summed E-state index contributed by atoms with van der Waals surface area (Å²) in [6.07, 6.45) is 0. The first-order valence-electron chi connectivity index (χ1n) is 46.7. The van der Waals surface area contributed by atoms with Crippen LogP contribution in [0.5, 0.6) is 0 Å². The largest absolute Gasteiger partial charge is 0.435 e. The molecular formula is C121H101Cl5N10O5. The maximum Gasteiger partial charge on any atom is 0.227 e. The van der Waals surface area contributed by atoms with Gasteiger partial charge in [0.25, 0.3) is 0 Å². The molecule has 0 unspecified atom stereocenters. The Labute approximate surface area is 846 Å². The van der Waals surface area contributed by atoms with Crippen molar-refractivity contribution in [3.8, 4) is 148 Å². The molecule has 141 heavy (non-hydrogen) atoms. The van der Waals surface area contributed by atoms with Crippen LogP contribution in [0, 0.1) is 0 Å². The fourth-order valence-electron chi connectivity index (χ4n) is 17.1. The summed E-state index contributed by atoms with van der Waals surface area (Å²) in [6, 6.07) is 127. The van der Waals surface area contributed by atoms with Crippen molar-refractivity contribution in [2.45, 2.75) is 27.7 Å². The van der Waals surface area contributed by atoms with E-state index in [4.69, 9.17) is 105 Å². The van der Waals surface area contributed by atoms with E-state index in [1.54, 1.807) is 0 Å². The van der Waals surface area contributed by atoms with E-state index in [-0.39, 0.29) is 0 Å². The van der Waals surface area contributed by atoms with Crippen molar-refractivity contribution in [1.29, 1.82) is 0 Å². The molecule has 0 fully saturated rings. The van der Waals surface area contributed by atoms with Gasteiger partial charge in [-0.05, 0) is 238 Å². The van der Waals surface area contributed by atoms with E-state index in [9.17, 15) is 0 Å². The highest BCUT2D eigenvalue weighted by molar-refractivity contribution is 6.35. The molecule has 22 aromatic rings. The van der Waals surface area contributed by atoms with Crippen LogP contribution < -0.4 is 24.5 Å². The predicted octanol–water partition coefficient (Wildman–Crippen LogP) is 34.3. The summed E-state index contributed by atoms with van der Waals surface area (Å²) in [5.74, 6) is 5.80. The highest BCUT2D eigenvalue weighted by Gasteiger charge is 2.27. The lowest BCUT2D eigenvalue weighted by atomic mass is 9.93. The molecule has 0 aliphatic heterocycles. The number of anilines is 5. The Morgan fingerprint density at radius 3 is 0.837 bits per heavy atom. The lowest BCUT2D eigenvalue weighted by molar-refractivity contribution is 0.589. The predicted molar refractivity (Wildman–Crippen MR) is 590 cm³/mol. The minimum absolute atomic E-state index is 0.532. The van der Waals surface area contributed by atoms with Gasteiger partial charge in [-0.3, -0.25) is 0 Å². The van der Waals surface area contributed by atoms with Crippen LogP contribution in [-0.2, 0) is 0 Å². The Balaban J connectivity index is 0.000000117. The van der Waals surface area contributed by atoms with Crippen molar-refractivity contribution in [3.05, 3.63) is 407 Å². The van der Waals surface area contributed by atoms with Gasteiger partial charge >= 0.3 is 0 Å². The monoisotopic (exact) mass is 1950 g/mol. The summed E-state index contributed by atoms with van der Waals surface area (Å²) in [4.78, 5) is 35.0. The molecule has 0 saturated heterocycles. The first-order valence-corrected chi connectivity index (χ1v) is 48.6. The van der Waals surface area contributed by atoms with E-state index < -0.39 is 0 Å². The lowest BCUT2D eigenvalue weighted by Gasteiger charge is -2.21. The van der Waals surface area contributed by atoms with Crippen molar-refractivity contribution in [2.75, 3.05) is 93.0 Å². The molecule has 0 saturated carbocycles. The molecule has 15 nitrogen and oxygen atoms in total. The van der Waals surface area contributed by atoms with E-state index in [0.717, 1.165) is 166 Å². The molecular weight excluding hydrogens is 1850 g/mol. The minimum Gasteiger partial charge on any atom is -0.435 e. The number of hydrogen-bond donors (Lipinski definition) is 0. The van der Waals surface area contributed by atoms with Gasteiger partial charge in [0.1, 0.15) is 28.3 Å². The zero-order chi connectivity index (χ0) is 97.7. The van der Waals surface area contributed by atoms with Gasteiger partial charge in [0.2, 0.25) is 29.5 Å². The van der Waals surface area contributed by atoms with Crippen LogP contribution in [0.2, 0.25) is 25.1 Å². The number of rotatable bonds is 22.